The second-order valence-electron chi connectivity index (χ2n) is 5.12. The Morgan fingerprint density at radius 3 is 2.65 bits per heavy atom. The van der Waals surface area contributed by atoms with Gasteiger partial charge in [0.05, 0.1) is 18.2 Å². The van der Waals surface area contributed by atoms with Gasteiger partial charge in [0.15, 0.2) is 6.29 Å². The number of hydrogen-bond acceptors (Lipinski definition) is 3. The molecule has 1 aromatic heterocycles. The topological polar surface area (TPSA) is 48.3 Å². The SMILES string of the molecule is COc1ccc(Cl)cc1C(=O)n1c(C)c(C=O)c2ccccc21. The fourth-order valence-electron chi connectivity index (χ4n) is 2.77. The summed E-state index contributed by atoms with van der Waals surface area (Å²) in [6.07, 6.45) is 0.774. The lowest BCUT2D eigenvalue weighted by molar-refractivity contribution is 0.0960. The van der Waals surface area contributed by atoms with Crippen LogP contribution in [0.3, 0.4) is 0 Å². The molecule has 4 nitrogen and oxygen atoms in total. The average molecular weight is 328 g/mol. The standard InChI is InChI=1S/C18H14ClNO3/c1-11-15(10-21)13-5-3-4-6-16(13)20(11)18(22)14-9-12(19)7-8-17(14)23-2/h3-10H,1-2H3. The van der Waals surface area contributed by atoms with Crippen LogP contribution in [0.15, 0.2) is 42.5 Å². The zero-order valence-corrected chi connectivity index (χ0v) is 13.4. The number of para-hydroxylation sites is 1. The number of hydrogen-bond donors (Lipinski definition) is 0. The van der Waals surface area contributed by atoms with Gasteiger partial charge in [0, 0.05) is 21.7 Å². The molecule has 1 heterocycles. The Labute approximate surface area is 138 Å². The van der Waals surface area contributed by atoms with Gasteiger partial charge >= 0.3 is 0 Å². The summed E-state index contributed by atoms with van der Waals surface area (Å²) in [5.41, 5.74) is 2.13. The minimum absolute atomic E-state index is 0.286. The zero-order valence-electron chi connectivity index (χ0n) is 12.7. The van der Waals surface area contributed by atoms with E-state index in [0.29, 0.717) is 33.1 Å². The molecular formula is C18H14ClNO3. The smallest absolute Gasteiger partial charge is 0.266 e. The number of ether oxygens (including phenoxy) is 1. The summed E-state index contributed by atoms with van der Waals surface area (Å²) in [4.78, 5) is 24.5. The number of carbonyl (C=O) groups excluding carboxylic acids is 2. The maximum atomic E-state index is 13.1. The van der Waals surface area contributed by atoms with Crippen molar-refractivity contribution in [2.24, 2.45) is 0 Å². The molecule has 0 atom stereocenters. The summed E-state index contributed by atoms with van der Waals surface area (Å²) < 4.78 is 6.79. The first-order valence-corrected chi connectivity index (χ1v) is 7.39. The minimum atomic E-state index is -0.286. The Morgan fingerprint density at radius 2 is 1.96 bits per heavy atom. The van der Waals surface area contributed by atoms with Gasteiger partial charge in [-0.25, -0.2) is 0 Å². The number of benzene rings is 2. The van der Waals surface area contributed by atoms with E-state index >= 15 is 0 Å². The highest BCUT2D eigenvalue weighted by Gasteiger charge is 2.22. The third-order valence-corrected chi connectivity index (χ3v) is 4.11. The molecule has 2 aromatic carbocycles. The Hall–Kier alpha value is -2.59. The van der Waals surface area contributed by atoms with E-state index in [9.17, 15) is 9.59 Å². The van der Waals surface area contributed by atoms with Crippen LogP contribution in [0.25, 0.3) is 10.9 Å². The van der Waals surface area contributed by atoms with E-state index < -0.39 is 0 Å². The summed E-state index contributed by atoms with van der Waals surface area (Å²) >= 11 is 6.02. The van der Waals surface area contributed by atoms with E-state index in [-0.39, 0.29) is 5.91 Å². The summed E-state index contributed by atoms with van der Waals surface area (Å²) in [6, 6.07) is 12.2. The molecule has 0 radical (unpaired) electrons. The average Bonchev–Trinajstić information content (AvgIpc) is 2.85. The summed E-state index contributed by atoms with van der Waals surface area (Å²) in [5.74, 6) is 0.149. The first kappa shape index (κ1) is 15.3. The third kappa shape index (κ3) is 2.41. The summed E-state index contributed by atoms with van der Waals surface area (Å²) in [6.45, 7) is 1.75. The lowest BCUT2D eigenvalue weighted by Crippen LogP contribution is -2.15. The van der Waals surface area contributed by atoms with Gasteiger partial charge in [-0.3, -0.25) is 14.2 Å². The summed E-state index contributed by atoms with van der Waals surface area (Å²) in [7, 11) is 1.50. The highest BCUT2D eigenvalue weighted by molar-refractivity contribution is 6.31. The van der Waals surface area contributed by atoms with Crippen molar-refractivity contribution in [1.29, 1.82) is 0 Å². The molecule has 0 bridgehead atoms. The van der Waals surface area contributed by atoms with E-state index in [1.165, 1.54) is 11.7 Å². The third-order valence-electron chi connectivity index (χ3n) is 3.87. The Morgan fingerprint density at radius 1 is 1.22 bits per heavy atom. The van der Waals surface area contributed by atoms with E-state index in [2.05, 4.69) is 0 Å². The van der Waals surface area contributed by atoms with Crippen molar-refractivity contribution in [3.05, 3.63) is 64.3 Å². The second-order valence-corrected chi connectivity index (χ2v) is 5.56. The minimum Gasteiger partial charge on any atom is -0.496 e. The Balaban J connectivity index is 2.29. The van der Waals surface area contributed by atoms with Crippen molar-refractivity contribution in [3.8, 4) is 5.75 Å². The van der Waals surface area contributed by atoms with Crippen LogP contribution < -0.4 is 4.74 Å². The summed E-state index contributed by atoms with van der Waals surface area (Å²) in [5, 5.41) is 1.19. The second kappa shape index (κ2) is 5.89. The lowest BCUT2D eigenvalue weighted by Gasteiger charge is -2.11. The highest BCUT2D eigenvalue weighted by Crippen LogP contribution is 2.29. The quantitative estimate of drug-likeness (QED) is 0.680. The Bertz CT molecular complexity index is 927. The normalized spacial score (nSPS) is 10.7. The van der Waals surface area contributed by atoms with E-state index in [4.69, 9.17) is 16.3 Å². The van der Waals surface area contributed by atoms with Crippen molar-refractivity contribution in [2.75, 3.05) is 7.11 Å². The molecule has 0 aliphatic heterocycles. The molecule has 3 rings (SSSR count). The van der Waals surface area contributed by atoms with Crippen LogP contribution in [-0.2, 0) is 0 Å². The monoisotopic (exact) mass is 327 g/mol. The fraction of sp³-hybridized carbons (Fsp3) is 0.111. The van der Waals surface area contributed by atoms with Crippen molar-refractivity contribution >= 4 is 34.7 Å². The maximum absolute atomic E-state index is 13.1. The van der Waals surface area contributed by atoms with Gasteiger partial charge in [-0.1, -0.05) is 29.8 Å². The molecular weight excluding hydrogens is 314 g/mol. The van der Waals surface area contributed by atoms with Crippen LogP contribution in [-0.4, -0.2) is 23.9 Å². The molecule has 0 fully saturated rings. The number of nitrogens with zero attached hydrogens (tertiary/aromatic N) is 1. The zero-order chi connectivity index (χ0) is 16.6. The highest BCUT2D eigenvalue weighted by atomic mass is 35.5. The number of aldehydes is 1. The van der Waals surface area contributed by atoms with Gasteiger partial charge in [0.2, 0.25) is 0 Å². The van der Waals surface area contributed by atoms with Crippen molar-refractivity contribution in [3.63, 3.8) is 0 Å². The predicted octanol–water partition coefficient (Wildman–Crippen LogP) is 4.11. The molecule has 0 unspecified atom stereocenters. The van der Waals surface area contributed by atoms with Crippen LogP contribution >= 0.6 is 11.6 Å². The molecule has 0 aliphatic carbocycles. The van der Waals surface area contributed by atoms with Gasteiger partial charge in [-0.05, 0) is 31.2 Å². The Kier molecular flexibility index (Phi) is 3.92. The molecule has 0 aliphatic rings. The van der Waals surface area contributed by atoms with Crippen molar-refractivity contribution in [2.45, 2.75) is 6.92 Å². The van der Waals surface area contributed by atoms with Crippen LogP contribution in [0.5, 0.6) is 5.75 Å². The van der Waals surface area contributed by atoms with Crippen LogP contribution in [0.4, 0.5) is 0 Å². The molecule has 116 valence electrons. The predicted molar refractivity (Wildman–Crippen MR) is 89.8 cm³/mol. The molecule has 0 saturated heterocycles. The van der Waals surface area contributed by atoms with E-state index in [1.807, 2.05) is 24.3 Å². The number of methoxy groups -OCH3 is 1. The lowest BCUT2D eigenvalue weighted by atomic mass is 10.1. The number of carbonyl (C=O) groups is 2. The molecule has 0 amide bonds. The molecule has 0 spiro atoms. The van der Waals surface area contributed by atoms with Gasteiger partial charge < -0.3 is 4.74 Å². The van der Waals surface area contributed by atoms with E-state index in [1.54, 1.807) is 25.1 Å². The van der Waals surface area contributed by atoms with Gasteiger partial charge in [-0.15, -0.1) is 0 Å². The molecule has 0 saturated carbocycles. The number of rotatable bonds is 3. The number of halogens is 1. The maximum Gasteiger partial charge on any atom is 0.266 e. The molecule has 0 N–H and O–H groups in total. The van der Waals surface area contributed by atoms with Gasteiger partial charge in [-0.2, -0.15) is 0 Å². The number of fused-ring (bicyclic) bond motifs is 1. The first-order valence-electron chi connectivity index (χ1n) is 7.02. The van der Waals surface area contributed by atoms with Crippen LogP contribution in [0, 0.1) is 6.92 Å². The molecule has 23 heavy (non-hydrogen) atoms. The molecule has 3 aromatic rings. The fourth-order valence-corrected chi connectivity index (χ4v) is 2.94. The van der Waals surface area contributed by atoms with Crippen molar-refractivity contribution < 1.29 is 14.3 Å². The van der Waals surface area contributed by atoms with Crippen LogP contribution in [0.1, 0.15) is 26.4 Å². The van der Waals surface area contributed by atoms with Gasteiger partial charge in [0.1, 0.15) is 5.75 Å². The first-order chi connectivity index (χ1) is 11.1. The van der Waals surface area contributed by atoms with E-state index in [0.717, 1.165) is 11.7 Å². The molecule has 5 heteroatoms. The van der Waals surface area contributed by atoms with Gasteiger partial charge in [0.25, 0.3) is 5.91 Å². The van der Waals surface area contributed by atoms with Crippen LogP contribution in [0.2, 0.25) is 5.02 Å². The largest absolute Gasteiger partial charge is 0.496 e. The number of aromatic nitrogens is 1. The van der Waals surface area contributed by atoms with Crippen molar-refractivity contribution in [1.82, 2.24) is 4.57 Å².